The molecule has 0 radical (unpaired) electrons. The van der Waals surface area contributed by atoms with Crippen molar-refractivity contribution in [1.82, 2.24) is 0 Å². The minimum absolute atomic E-state index is 0.0801. The fourth-order valence-electron chi connectivity index (χ4n) is 3.42. The number of nitrogens with one attached hydrogen (secondary N) is 1. The van der Waals surface area contributed by atoms with E-state index >= 15 is 0 Å². The summed E-state index contributed by atoms with van der Waals surface area (Å²) in [7, 11) is -3.84. The third kappa shape index (κ3) is 4.94. The van der Waals surface area contributed by atoms with Crippen molar-refractivity contribution >= 4 is 33.0 Å². The van der Waals surface area contributed by atoms with Gasteiger partial charge in [-0.2, -0.15) is 0 Å². The molecular weight excluding hydrogens is 462 g/mol. The van der Waals surface area contributed by atoms with Gasteiger partial charge in [0.2, 0.25) is 0 Å². The summed E-state index contributed by atoms with van der Waals surface area (Å²) < 4.78 is 38.9. The average molecular weight is 484 g/mol. The predicted molar refractivity (Wildman–Crippen MR) is 125 cm³/mol. The quantitative estimate of drug-likeness (QED) is 0.402. The van der Waals surface area contributed by atoms with Crippen LogP contribution < -0.4 is 19.1 Å². The Kier molecular flexibility index (Phi) is 6.37. The molecule has 4 rings (SSSR count). The lowest BCUT2D eigenvalue weighted by molar-refractivity contribution is -0.384. The second-order valence-corrected chi connectivity index (χ2v) is 9.41. The third-order valence-corrected chi connectivity index (χ3v) is 6.82. The van der Waals surface area contributed by atoms with Gasteiger partial charge in [-0.3, -0.25) is 19.2 Å². The molecule has 34 heavy (non-hydrogen) atoms. The molecule has 176 valence electrons. The van der Waals surface area contributed by atoms with E-state index in [0.717, 1.165) is 0 Å². The molecule has 0 aromatic heterocycles. The van der Waals surface area contributed by atoms with Crippen LogP contribution in [0.5, 0.6) is 11.5 Å². The first-order valence-electron chi connectivity index (χ1n) is 10.3. The normalized spacial score (nSPS) is 15.1. The molecule has 1 N–H and O–H groups in total. The standard InChI is InChI=1S/C23H21N3O7S/c1-16-14-25(21-4-2-3-5-22(21)33-16)34(30,31)20-12-6-17(7-13-20)24-23(27)15-32-19-10-8-18(9-11-19)26(28)29/h2-13,16H,14-15H2,1H3,(H,24,27). The van der Waals surface area contributed by atoms with E-state index in [1.165, 1.54) is 52.8 Å². The predicted octanol–water partition coefficient (Wildman–Crippen LogP) is 3.59. The summed E-state index contributed by atoms with van der Waals surface area (Å²) in [5, 5.41) is 13.3. The minimum Gasteiger partial charge on any atom is -0.487 e. The number of carbonyl (C=O) groups excluding carboxylic acids is 1. The van der Waals surface area contributed by atoms with E-state index in [9.17, 15) is 23.3 Å². The molecule has 0 aliphatic carbocycles. The van der Waals surface area contributed by atoms with Gasteiger partial charge in [0.1, 0.15) is 17.6 Å². The fourth-order valence-corrected chi connectivity index (χ4v) is 4.97. The van der Waals surface area contributed by atoms with Gasteiger partial charge >= 0.3 is 0 Å². The molecular formula is C23H21N3O7S. The number of nitro groups is 1. The van der Waals surface area contributed by atoms with Crippen LogP contribution in [0.15, 0.2) is 77.7 Å². The van der Waals surface area contributed by atoms with Crippen LogP contribution in [0.1, 0.15) is 6.92 Å². The van der Waals surface area contributed by atoms with E-state index in [2.05, 4.69) is 5.32 Å². The van der Waals surface area contributed by atoms with E-state index in [0.29, 0.717) is 22.9 Å². The van der Waals surface area contributed by atoms with Crippen molar-refractivity contribution < 1.29 is 27.6 Å². The number of para-hydroxylation sites is 2. The summed E-state index contributed by atoms with van der Waals surface area (Å²) in [4.78, 5) is 22.4. The van der Waals surface area contributed by atoms with Gasteiger partial charge in [-0.1, -0.05) is 12.1 Å². The molecule has 1 amide bonds. The topological polar surface area (TPSA) is 128 Å². The van der Waals surface area contributed by atoms with Crippen LogP contribution in [0.2, 0.25) is 0 Å². The zero-order chi connectivity index (χ0) is 24.3. The van der Waals surface area contributed by atoms with E-state index < -0.39 is 20.9 Å². The second kappa shape index (κ2) is 9.40. The molecule has 1 unspecified atom stereocenters. The van der Waals surface area contributed by atoms with Crippen molar-refractivity contribution in [3.63, 3.8) is 0 Å². The third-order valence-electron chi connectivity index (χ3n) is 5.03. The van der Waals surface area contributed by atoms with Gasteiger partial charge in [0, 0.05) is 17.8 Å². The second-order valence-electron chi connectivity index (χ2n) is 7.54. The molecule has 0 fully saturated rings. The number of sulfonamides is 1. The lowest BCUT2D eigenvalue weighted by Gasteiger charge is -2.34. The lowest BCUT2D eigenvalue weighted by atomic mass is 10.2. The van der Waals surface area contributed by atoms with E-state index in [-0.39, 0.29) is 29.8 Å². The summed E-state index contributed by atoms with van der Waals surface area (Å²) in [6.07, 6.45) is -0.306. The highest BCUT2D eigenvalue weighted by atomic mass is 32.2. The van der Waals surface area contributed by atoms with Gasteiger partial charge < -0.3 is 14.8 Å². The fraction of sp³-hybridized carbons (Fsp3) is 0.174. The summed E-state index contributed by atoms with van der Waals surface area (Å²) >= 11 is 0. The van der Waals surface area contributed by atoms with Crippen molar-refractivity contribution in [3.8, 4) is 11.5 Å². The molecule has 0 bridgehead atoms. The first-order valence-corrected chi connectivity index (χ1v) is 11.7. The summed E-state index contributed by atoms with van der Waals surface area (Å²) in [6.45, 7) is 1.66. The van der Waals surface area contributed by atoms with Crippen LogP contribution in [-0.4, -0.2) is 38.5 Å². The molecule has 11 heteroatoms. The molecule has 0 saturated heterocycles. The zero-order valence-corrected chi connectivity index (χ0v) is 18.9. The summed E-state index contributed by atoms with van der Waals surface area (Å²) in [6, 6.07) is 18.1. The van der Waals surface area contributed by atoms with Gasteiger partial charge in [-0.25, -0.2) is 8.42 Å². The lowest BCUT2D eigenvalue weighted by Crippen LogP contribution is -2.42. The number of amides is 1. The highest BCUT2D eigenvalue weighted by Gasteiger charge is 2.32. The Morgan fingerprint density at radius 2 is 1.79 bits per heavy atom. The molecule has 1 aliphatic rings. The van der Waals surface area contributed by atoms with Crippen molar-refractivity contribution in [2.24, 2.45) is 0 Å². The van der Waals surface area contributed by atoms with E-state index in [1.54, 1.807) is 31.2 Å². The van der Waals surface area contributed by atoms with Gasteiger partial charge in [0.25, 0.3) is 21.6 Å². The number of benzene rings is 3. The minimum atomic E-state index is -3.84. The summed E-state index contributed by atoms with van der Waals surface area (Å²) in [5.74, 6) is 0.342. The van der Waals surface area contributed by atoms with E-state index in [1.807, 2.05) is 0 Å². The number of nitrogens with zero attached hydrogens (tertiary/aromatic N) is 2. The SMILES string of the molecule is CC1CN(S(=O)(=O)c2ccc(NC(=O)COc3ccc([N+](=O)[O-])cc3)cc2)c2ccccc2O1. The van der Waals surface area contributed by atoms with Gasteiger partial charge in [0.05, 0.1) is 22.1 Å². The Balaban J connectivity index is 1.41. The molecule has 1 heterocycles. The first kappa shape index (κ1) is 23.1. The first-order chi connectivity index (χ1) is 16.2. The Hall–Kier alpha value is -4.12. The van der Waals surface area contributed by atoms with Gasteiger partial charge in [-0.05, 0) is 55.5 Å². The molecule has 0 spiro atoms. The highest BCUT2D eigenvalue weighted by Crippen LogP contribution is 2.36. The number of nitro benzene ring substituents is 1. The number of ether oxygens (including phenoxy) is 2. The molecule has 3 aromatic carbocycles. The van der Waals surface area contributed by atoms with Crippen LogP contribution in [0.3, 0.4) is 0 Å². The Labute approximate surface area is 195 Å². The molecule has 10 nitrogen and oxygen atoms in total. The summed E-state index contributed by atoms with van der Waals surface area (Å²) in [5.41, 5.74) is 0.787. The van der Waals surface area contributed by atoms with Crippen LogP contribution in [0.4, 0.5) is 17.1 Å². The van der Waals surface area contributed by atoms with Crippen molar-refractivity contribution in [3.05, 3.63) is 82.9 Å². The molecule has 0 saturated carbocycles. The Morgan fingerprint density at radius 1 is 1.12 bits per heavy atom. The van der Waals surface area contributed by atoms with Crippen LogP contribution >= 0.6 is 0 Å². The average Bonchev–Trinajstić information content (AvgIpc) is 2.82. The molecule has 3 aromatic rings. The number of carbonyl (C=O) groups is 1. The Bertz CT molecular complexity index is 1310. The monoisotopic (exact) mass is 483 g/mol. The number of rotatable bonds is 7. The maximum atomic E-state index is 13.3. The van der Waals surface area contributed by atoms with Gasteiger partial charge in [-0.15, -0.1) is 0 Å². The Morgan fingerprint density at radius 3 is 2.47 bits per heavy atom. The number of hydrogen-bond acceptors (Lipinski definition) is 7. The molecule has 1 aliphatic heterocycles. The maximum Gasteiger partial charge on any atom is 0.269 e. The highest BCUT2D eigenvalue weighted by molar-refractivity contribution is 7.92. The van der Waals surface area contributed by atoms with Crippen LogP contribution in [-0.2, 0) is 14.8 Å². The maximum absolute atomic E-state index is 13.3. The number of non-ortho nitro benzene ring substituents is 1. The van der Waals surface area contributed by atoms with Crippen molar-refractivity contribution in [1.29, 1.82) is 0 Å². The number of anilines is 2. The zero-order valence-electron chi connectivity index (χ0n) is 18.1. The largest absolute Gasteiger partial charge is 0.487 e. The number of fused-ring (bicyclic) bond motifs is 1. The smallest absolute Gasteiger partial charge is 0.269 e. The van der Waals surface area contributed by atoms with Gasteiger partial charge in [0.15, 0.2) is 6.61 Å². The van der Waals surface area contributed by atoms with Crippen molar-refractivity contribution in [2.45, 2.75) is 17.9 Å². The van der Waals surface area contributed by atoms with Crippen LogP contribution in [0.25, 0.3) is 0 Å². The van der Waals surface area contributed by atoms with Crippen LogP contribution in [0, 0.1) is 10.1 Å². The number of hydrogen-bond donors (Lipinski definition) is 1. The van der Waals surface area contributed by atoms with E-state index in [4.69, 9.17) is 9.47 Å². The molecule has 1 atom stereocenters. The van der Waals surface area contributed by atoms with Crippen molar-refractivity contribution in [2.75, 3.05) is 22.8 Å².